The van der Waals surface area contributed by atoms with E-state index in [0.717, 1.165) is 39.0 Å². The molecule has 0 saturated carbocycles. The molecule has 0 fully saturated rings. The summed E-state index contributed by atoms with van der Waals surface area (Å²) in [7, 11) is 0. The van der Waals surface area contributed by atoms with E-state index in [9.17, 15) is 0 Å². The number of fused-ring (bicyclic) bond motifs is 4. The molecule has 5 heteroatoms. The second-order valence-electron chi connectivity index (χ2n) is 3.96. The molecule has 4 rings (SSSR count). The minimum Gasteiger partial charge on any atom is -0.226 e. The maximum Gasteiger partial charge on any atom is 0.191 e. The van der Waals surface area contributed by atoms with Crippen LogP contribution < -0.4 is 0 Å². The summed E-state index contributed by atoms with van der Waals surface area (Å²) in [5, 5.41) is 6.53. The molecule has 0 N–H and O–H groups in total. The molecule has 1 aromatic rings. The second-order valence-corrected chi connectivity index (χ2v) is 4.90. The molecule has 0 aliphatic carbocycles. The van der Waals surface area contributed by atoms with Crippen molar-refractivity contribution in [3.05, 3.63) is 30.8 Å². The Morgan fingerprint density at radius 2 is 2.12 bits per heavy atom. The van der Waals surface area contributed by atoms with Crippen LogP contribution in [0.25, 0.3) is 28.1 Å². The van der Waals surface area contributed by atoms with Crippen molar-refractivity contribution in [2.24, 2.45) is 0 Å². The van der Waals surface area contributed by atoms with Gasteiger partial charge >= 0.3 is 0 Å². The van der Waals surface area contributed by atoms with Crippen molar-refractivity contribution in [2.75, 3.05) is 5.75 Å². The Labute approximate surface area is 102 Å². The van der Waals surface area contributed by atoms with Gasteiger partial charge in [0.25, 0.3) is 0 Å². The SMILES string of the molecule is C=C1CSc2nc3nc4ccccc4c-3nn21. The standard InChI is InChI=1S/C12H8N4S/c1-7-6-17-12-14-11-10(15-16(7)12)8-4-2-3-5-9(8)13-11/h2-5H,1,6H2. The Balaban J connectivity index is 2.15. The van der Waals surface area contributed by atoms with Crippen LogP contribution >= 0.6 is 11.8 Å². The summed E-state index contributed by atoms with van der Waals surface area (Å²) < 4.78 is 1.82. The number of hydrogen-bond donors (Lipinski definition) is 0. The molecule has 4 nitrogen and oxygen atoms in total. The van der Waals surface area contributed by atoms with E-state index < -0.39 is 0 Å². The Kier molecular flexibility index (Phi) is 1.66. The van der Waals surface area contributed by atoms with Crippen LogP contribution in [0.1, 0.15) is 0 Å². The monoisotopic (exact) mass is 240 g/mol. The number of rotatable bonds is 0. The molecule has 1 aromatic carbocycles. The highest BCUT2D eigenvalue weighted by Crippen LogP contribution is 2.34. The van der Waals surface area contributed by atoms with E-state index in [2.05, 4.69) is 21.6 Å². The molecular weight excluding hydrogens is 232 g/mol. The smallest absolute Gasteiger partial charge is 0.191 e. The van der Waals surface area contributed by atoms with Gasteiger partial charge in [0.1, 0.15) is 5.69 Å². The van der Waals surface area contributed by atoms with Gasteiger partial charge in [0.05, 0.1) is 5.52 Å². The molecular formula is C12H8N4S. The number of aromatic nitrogens is 4. The van der Waals surface area contributed by atoms with E-state index in [1.165, 1.54) is 0 Å². The van der Waals surface area contributed by atoms with Crippen LogP contribution in [0, 0.1) is 0 Å². The first-order chi connectivity index (χ1) is 8.33. The summed E-state index contributed by atoms with van der Waals surface area (Å²) in [6, 6.07) is 7.98. The molecule has 0 amide bonds. The van der Waals surface area contributed by atoms with Crippen molar-refractivity contribution < 1.29 is 0 Å². The first kappa shape index (κ1) is 9.18. The zero-order valence-corrected chi connectivity index (χ0v) is 9.74. The maximum absolute atomic E-state index is 4.60. The highest BCUT2D eigenvalue weighted by Gasteiger charge is 2.23. The summed E-state index contributed by atoms with van der Waals surface area (Å²) >= 11 is 1.65. The second kappa shape index (κ2) is 3.07. The zero-order chi connectivity index (χ0) is 11.4. The van der Waals surface area contributed by atoms with E-state index in [1.54, 1.807) is 11.8 Å². The fourth-order valence-electron chi connectivity index (χ4n) is 2.02. The highest BCUT2D eigenvalue weighted by atomic mass is 32.2. The zero-order valence-electron chi connectivity index (χ0n) is 8.92. The average molecular weight is 240 g/mol. The Bertz CT molecular complexity index is 731. The topological polar surface area (TPSA) is 43.6 Å². The molecule has 0 saturated heterocycles. The summed E-state index contributed by atoms with van der Waals surface area (Å²) in [5.74, 6) is 1.57. The van der Waals surface area contributed by atoms with E-state index in [1.807, 2.05) is 28.9 Å². The molecule has 0 spiro atoms. The molecule has 0 unspecified atom stereocenters. The average Bonchev–Trinajstić information content (AvgIpc) is 2.88. The third-order valence-electron chi connectivity index (χ3n) is 2.85. The van der Waals surface area contributed by atoms with Gasteiger partial charge in [0.15, 0.2) is 11.0 Å². The lowest BCUT2D eigenvalue weighted by Gasteiger charge is -2.04. The summed E-state index contributed by atoms with van der Waals surface area (Å²) in [6.07, 6.45) is 0. The van der Waals surface area contributed by atoms with E-state index in [4.69, 9.17) is 0 Å². The lowest BCUT2D eigenvalue weighted by molar-refractivity contribution is 0.732. The number of nitrogens with zero attached hydrogens (tertiary/aromatic N) is 4. The normalized spacial score (nSPS) is 14.7. The van der Waals surface area contributed by atoms with Crippen LogP contribution in [-0.2, 0) is 0 Å². The van der Waals surface area contributed by atoms with Crippen LogP contribution in [0.3, 0.4) is 0 Å². The van der Waals surface area contributed by atoms with Gasteiger partial charge < -0.3 is 0 Å². The van der Waals surface area contributed by atoms with Crippen molar-refractivity contribution in [2.45, 2.75) is 5.16 Å². The molecule has 0 bridgehead atoms. The molecule has 82 valence electrons. The third-order valence-corrected chi connectivity index (χ3v) is 3.85. The van der Waals surface area contributed by atoms with Gasteiger partial charge in [-0.05, 0) is 6.07 Å². The predicted octanol–water partition coefficient (Wildman–Crippen LogP) is 2.51. The van der Waals surface area contributed by atoms with Crippen molar-refractivity contribution >= 4 is 28.4 Å². The van der Waals surface area contributed by atoms with E-state index in [-0.39, 0.29) is 0 Å². The third kappa shape index (κ3) is 1.17. The lowest BCUT2D eigenvalue weighted by atomic mass is 10.2. The molecule has 17 heavy (non-hydrogen) atoms. The Morgan fingerprint density at radius 3 is 3.06 bits per heavy atom. The number of para-hydroxylation sites is 1. The molecule has 3 heterocycles. The minimum atomic E-state index is 0.722. The Morgan fingerprint density at radius 1 is 1.24 bits per heavy atom. The quantitative estimate of drug-likeness (QED) is 0.605. The van der Waals surface area contributed by atoms with E-state index in [0.29, 0.717) is 0 Å². The van der Waals surface area contributed by atoms with Gasteiger partial charge in [-0.25, -0.2) is 14.6 Å². The Hall–Kier alpha value is -1.88. The van der Waals surface area contributed by atoms with Gasteiger partial charge in [0, 0.05) is 16.8 Å². The van der Waals surface area contributed by atoms with Gasteiger partial charge in [-0.2, -0.15) is 5.10 Å². The first-order valence-corrected chi connectivity index (χ1v) is 6.28. The van der Waals surface area contributed by atoms with Crippen LogP contribution in [-0.4, -0.2) is 25.5 Å². The van der Waals surface area contributed by atoms with Crippen LogP contribution in [0.2, 0.25) is 0 Å². The molecule has 0 atom stereocenters. The van der Waals surface area contributed by atoms with Gasteiger partial charge in [-0.3, -0.25) is 0 Å². The van der Waals surface area contributed by atoms with Gasteiger partial charge in [0.2, 0.25) is 0 Å². The van der Waals surface area contributed by atoms with Crippen molar-refractivity contribution in [3.8, 4) is 11.5 Å². The van der Waals surface area contributed by atoms with Gasteiger partial charge in [-0.15, -0.1) is 0 Å². The van der Waals surface area contributed by atoms with Gasteiger partial charge in [-0.1, -0.05) is 36.5 Å². The van der Waals surface area contributed by atoms with Crippen LogP contribution in [0.4, 0.5) is 0 Å². The fourth-order valence-corrected chi connectivity index (χ4v) is 2.89. The summed E-state index contributed by atoms with van der Waals surface area (Å²) in [6.45, 7) is 3.99. The molecule has 0 radical (unpaired) electrons. The number of hydrogen-bond acceptors (Lipinski definition) is 4. The van der Waals surface area contributed by atoms with E-state index >= 15 is 0 Å². The van der Waals surface area contributed by atoms with Crippen molar-refractivity contribution in [1.29, 1.82) is 0 Å². The molecule has 3 aliphatic rings. The van der Waals surface area contributed by atoms with Crippen LogP contribution in [0.5, 0.6) is 0 Å². The lowest BCUT2D eigenvalue weighted by Crippen LogP contribution is -2.05. The number of thioether (sulfide) groups is 1. The molecule has 3 aliphatic heterocycles. The number of benzene rings is 1. The molecule has 0 aromatic heterocycles. The minimum absolute atomic E-state index is 0.722. The summed E-state index contributed by atoms with van der Waals surface area (Å²) in [4.78, 5) is 9.02. The summed E-state index contributed by atoms with van der Waals surface area (Å²) in [5.41, 5.74) is 2.78. The highest BCUT2D eigenvalue weighted by molar-refractivity contribution is 7.99. The van der Waals surface area contributed by atoms with Crippen molar-refractivity contribution in [3.63, 3.8) is 0 Å². The van der Waals surface area contributed by atoms with Crippen molar-refractivity contribution in [1.82, 2.24) is 19.7 Å². The predicted molar refractivity (Wildman–Crippen MR) is 68.0 cm³/mol. The maximum atomic E-state index is 4.60. The van der Waals surface area contributed by atoms with Crippen LogP contribution in [0.15, 0.2) is 36.0 Å². The largest absolute Gasteiger partial charge is 0.226 e. The first-order valence-electron chi connectivity index (χ1n) is 5.29. The fraction of sp³-hybridized carbons (Fsp3) is 0.0833.